The highest BCUT2D eigenvalue weighted by Crippen LogP contribution is 2.25. The van der Waals surface area contributed by atoms with Crippen LogP contribution in [0.15, 0.2) is 58.2 Å². The molecule has 202 valence electrons. The second-order valence-electron chi connectivity index (χ2n) is 8.67. The Kier molecular flexibility index (Phi) is 7.71. The van der Waals surface area contributed by atoms with E-state index in [-0.39, 0.29) is 36.9 Å². The van der Waals surface area contributed by atoms with Gasteiger partial charge < -0.3 is 19.9 Å². The molecule has 2 heterocycles. The van der Waals surface area contributed by atoms with Gasteiger partial charge >= 0.3 is 5.97 Å². The summed E-state index contributed by atoms with van der Waals surface area (Å²) in [7, 11) is -2.27. The molecule has 13 heteroatoms. The van der Waals surface area contributed by atoms with Crippen LogP contribution >= 0.6 is 0 Å². The van der Waals surface area contributed by atoms with Crippen LogP contribution in [0, 0.1) is 6.92 Å². The first-order valence-electron chi connectivity index (χ1n) is 11.8. The summed E-state index contributed by atoms with van der Waals surface area (Å²) in [6.07, 6.45) is -1.37. The van der Waals surface area contributed by atoms with Crippen molar-refractivity contribution in [3.05, 3.63) is 70.1 Å². The summed E-state index contributed by atoms with van der Waals surface area (Å²) in [5, 5.41) is 12.7. The molecule has 4 rings (SSSR count). The molecule has 1 saturated heterocycles. The number of nitrogens with one attached hydrogen (secondary N) is 1. The van der Waals surface area contributed by atoms with Crippen LogP contribution in [0.2, 0.25) is 0 Å². The minimum Gasteiger partial charge on any atom is -0.507 e. The quantitative estimate of drug-likeness (QED) is 0.424. The van der Waals surface area contributed by atoms with Crippen molar-refractivity contribution < 1.29 is 32.6 Å². The van der Waals surface area contributed by atoms with Gasteiger partial charge in [-0.1, -0.05) is 18.2 Å². The number of anilines is 1. The molecule has 3 aromatic rings. The van der Waals surface area contributed by atoms with Gasteiger partial charge in [-0.25, -0.2) is 17.9 Å². The van der Waals surface area contributed by atoms with Crippen LogP contribution in [-0.4, -0.2) is 71.5 Å². The summed E-state index contributed by atoms with van der Waals surface area (Å²) in [6, 6.07) is 12.1. The van der Waals surface area contributed by atoms with Crippen LogP contribution in [-0.2, 0) is 31.3 Å². The number of sulfonamides is 1. The van der Waals surface area contributed by atoms with Crippen molar-refractivity contribution in [3.63, 3.8) is 0 Å². The fourth-order valence-electron chi connectivity index (χ4n) is 3.99. The summed E-state index contributed by atoms with van der Waals surface area (Å²) in [5.74, 6) is -2.38. The van der Waals surface area contributed by atoms with Gasteiger partial charge in [-0.3, -0.25) is 14.3 Å². The van der Waals surface area contributed by atoms with Crippen molar-refractivity contribution >= 4 is 27.6 Å². The molecule has 1 amide bonds. The SMILES string of the molecule is Cc1c(NC(=O)C(C)OC(=O)c2cc(S(=O)(=O)N3CCOCC3)ccc2O)c(=O)n(-c2ccccc2)n1C. The number of morpholine rings is 1. The zero-order chi connectivity index (χ0) is 27.6. The maximum Gasteiger partial charge on any atom is 0.342 e. The minimum atomic E-state index is -3.94. The number of hydrogen-bond donors (Lipinski definition) is 2. The Morgan fingerprint density at radius 3 is 2.42 bits per heavy atom. The van der Waals surface area contributed by atoms with E-state index in [2.05, 4.69) is 5.32 Å². The molecule has 1 aliphatic rings. The van der Waals surface area contributed by atoms with Crippen molar-refractivity contribution in [2.45, 2.75) is 24.8 Å². The highest BCUT2D eigenvalue weighted by atomic mass is 32.2. The molecule has 2 N–H and O–H groups in total. The molecule has 0 radical (unpaired) electrons. The highest BCUT2D eigenvalue weighted by molar-refractivity contribution is 7.89. The van der Waals surface area contributed by atoms with E-state index in [1.54, 1.807) is 42.9 Å². The van der Waals surface area contributed by atoms with Crippen LogP contribution in [0.5, 0.6) is 5.75 Å². The van der Waals surface area contributed by atoms with Gasteiger partial charge in [0, 0.05) is 20.1 Å². The molecular weight excluding hydrogens is 516 g/mol. The smallest absolute Gasteiger partial charge is 0.342 e. The Morgan fingerprint density at radius 2 is 1.76 bits per heavy atom. The lowest BCUT2D eigenvalue weighted by molar-refractivity contribution is -0.123. The second kappa shape index (κ2) is 10.8. The van der Waals surface area contributed by atoms with Gasteiger partial charge in [0.05, 0.1) is 29.5 Å². The number of esters is 1. The zero-order valence-electron chi connectivity index (χ0n) is 21.1. The Hall–Kier alpha value is -3.94. The molecule has 0 aliphatic carbocycles. The van der Waals surface area contributed by atoms with Gasteiger partial charge in [0.2, 0.25) is 10.0 Å². The third-order valence-electron chi connectivity index (χ3n) is 6.25. The Bertz CT molecular complexity index is 1520. The average Bonchev–Trinajstić information content (AvgIpc) is 3.12. The maximum absolute atomic E-state index is 13.0. The number of ether oxygens (including phenoxy) is 2. The number of hydrogen-bond acceptors (Lipinski definition) is 8. The number of benzene rings is 2. The van der Waals surface area contributed by atoms with Gasteiger partial charge in [-0.05, 0) is 44.2 Å². The molecule has 1 unspecified atom stereocenters. The van der Waals surface area contributed by atoms with Crippen molar-refractivity contribution in [2.75, 3.05) is 31.6 Å². The summed E-state index contributed by atoms with van der Waals surface area (Å²) in [6.45, 7) is 3.76. The molecule has 0 saturated carbocycles. The summed E-state index contributed by atoms with van der Waals surface area (Å²) < 4.78 is 40.5. The van der Waals surface area contributed by atoms with Crippen molar-refractivity contribution in [1.29, 1.82) is 0 Å². The number of nitrogens with zero attached hydrogens (tertiary/aromatic N) is 3. The first kappa shape index (κ1) is 27.1. The zero-order valence-corrected chi connectivity index (χ0v) is 21.9. The molecule has 1 fully saturated rings. The van der Waals surface area contributed by atoms with Gasteiger partial charge in [0.15, 0.2) is 6.10 Å². The van der Waals surface area contributed by atoms with Crippen LogP contribution in [0.25, 0.3) is 5.69 Å². The van der Waals surface area contributed by atoms with E-state index in [4.69, 9.17) is 9.47 Å². The van der Waals surface area contributed by atoms with Crippen LogP contribution in [0.3, 0.4) is 0 Å². The molecule has 12 nitrogen and oxygen atoms in total. The van der Waals surface area contributed by atoms with E-state index in [9.17, 15) is 27.9 Å². The van der Waals surface area contributed by atoms with E-state index in [0.29, 0.717) is 11.4 Å². The number of carbonyl (C=O) groups excluding carboxylic acids is 2. The fraction of sp³-hybridized carbons (Fsp3) is 0.320. The van der Waals surface area contributed by atoms with E-state index < -0.39 is 44.9 Å². The number of rotatable bonds is 7. The van der Waals surface area contributed by atoms with Crippen molar-refractivity contribution in [2.24, 2.45) is 7.05 Å². The topological polar surface area (TPSA) is 149 Å². The number of aromatic nitrogens is 2. The number of phenolic OH excluding ortho intramolecular Hbond substituents is 1. The van der Waals surface area contributed by atoms with Crippen LogP contribution < -0.4 is 10.9 Å². The lowest BCUT2D eigenvalue weighted by Crippen LogP contribution is -2.40. The highest BCUT2D eigenvalue weighted by Gasteiger charge is 2.29. The number of amides is 1. The van der Waals surface area contributed by atoms with Gasteiger partial charge in [-0.2, -0.15) is 4.31 Å². The fourth-order valence-corrected chi connectivity index (χ4v) is 5.42. The molecule has 1 atom stereocenters. The number of aromatic hydroxyl groups is 1. The second-order valence-corrected chi connectivity index (χ2v) is 10.6. The lowest BCUT2D eigenvalue weighted by Gasteiger charge is -2.26. The van der Waals surface area contributed by atoms with Crippen molar-refractivity contribution in [3.8, 4) is 11.4 Å². The normalized spacial score (nSPS) is 15.1. The number of phenols is 1. The first-order valence-corrected chi connectivity index (χ1v) is 13.2. The van der Waals surface area contributed by atoms with E-state index >= 15 is 0 Å². The monoisotopic (exact) mass is 544 g/mol. The summed E-state index contributed by atoms with van der Waals surface area (Å²) >= 11 is 0. The van der Waals surface area contributed by atoms with Crippen molar-refractivity contribution in [1.82, 2.24) is 13.7 Å². The third kappa shape index (κ3) is 5.21. The first-order chi connectivity index (χ1) is 18.0. The molecule has 2 aromatic carbocycles. The Morgan fingerprint density at radius 1 is 1.11 bits per heavy atom. The van der Waals surface area contributed by atoms with Gasteiger partial charge in [0.1, 0.15) is 17.0 Å². The molecule has 1 aromatic heterocycles. The minimum absolute atomic E-state index is 0.0192. The summed E-state index contributed by atoms with van der Waals surface area (Å²) in [4.78, 5) is 38.5. The van der Waals surface area contributed by atoms with Gasteiger partial charge in [-0.15, -0.1) is 0 Å². The predicted molar refractivity (Wildman–Crippen MR) is 137 cm³/mol. The summed E-state index contributed by atoms with van der Waals surface area (Å²) in [5.41, 5.74) is 0.212. The van der Waals surface area contributed by atoms with Gasteiger partial charge in [0.25, 0.3) is 11.5 Å². The van der Waals surface area contributed by atoms with Crippen LogP contribution in [0.4, 0.5) is 5.69 Å². The standard InChI is InChI=1S/C25H28N4O8S/c1-16-22(24(32)29(27(16)3)18-7-5-4-6-8-18)26-23(31)17(2)37-25(33)20-15-19(9-10-21(20)30)38(34,35)28-11-13-36-14-12-28/h4-10,15,17,30H,11-14H2,1-3H3,(H,26,31). The maximum atomic E-state index is 13.0. The Labute approximate surface area is 219 Å². The van der Waals surface area contributed by atoms with E-state index in [1.807, 2.05) is 6.07 Å². The van der Waals surface area contributed by atoms with E-state index in [0.717, 1.165) is 12.1 Å². The van der Waals surface area contributed by atoms with E-state index in [1.165, 1.54) is 22.0 Å². The molecular formula is C25H28N4O8S. The third-order valence-corrected chi connectivity index (χ3v) is 8.15. The average molecular weight is 545 g/mol. The predicted octanol–water partition coefficient (Wildman–Crippen LogP) is 1.39. The number of para-hydroxylation sites is 1. The molecule has 0 spiro atoms. The lowest BCUT2D eigenvalue weighted by atomic mass is 10.2. The number of carbonyl (C=O) groups is 2. The molecule has 0 bridgehead atoms. The largest absolute Gasteiger partial charge is 0.507 e. The van der Waals surface area contributed by atoms with Crippen LogP contribution in [0.1, 0.15) is 23.0 Å². The molecule has 1 aliphatic heterocycles. The Balaban J connectivity index is 1.51. The molecule has 38 heavy (non-hydrogen) atoms.